The molecule has 1 fully saturated rings. The topological polar surface area (TPSA) is 67.6 Å². The molecule has 7 nitrogen and oxygen atoms in total. The van der Waals surface area contributed by atoms with E-state index in [1.54, 1.807) is 28.8 Å². The molecule has 8 heteroatoms. The molecule has 1 atom stereocenters. The zero-order chi connectivity index (χ0) is 17.2. The molecule has 25 heavy (non-hydrogen) atoms. The summed E-state index contributed by atoms with van der Waals surface area (Å²) in [6.07, 6.45) is 0.114. The molecule has 130 valence electrons. The van der Waals surface area contributed by atoms with Crippen molar-refractivity contribution < 1.29 is 9.13 Å². The maximum Gasteiger partial charge on any atom is 0.188 e. The fourth-order valence-electron chi connectivity index (χ4n) is 2.90. The van der Waals surface area contributed by atoms with Crippen molar-refractivity contribution in [2.24, 2.45) is 0 Å². The lowest BCUT2D eigenvalue weighted by Crippen LogP contribution is -2.43. The number of hydrogen-bond acceptors (Lipinski definition) is 6. The van der Waals surface area contributed by atoms with Gasteiger partial charge >= 0.3 is 0 Å². The summed E-state index contributed by atoms with van der Waals surface area (Å²) in [6, 6.07) is 10.1. The average Bonchev–Trinajstić information content (AvgIpc) is 3.03. The standard InChI is InChI=1S/C17H19FN6O/c1-23-8-9-25-12(11-23)10-19-15-6-7-16-20-21-17(24(16)22-15)13-4-2-3-5-14(13)18/h2-7,12H,8-11H2,1H3,(H,19,22). The first-order valence-corrected chi connectivity index (χ1v) is 8.22. The van der Waals surface area contributed by atoms with Crippen molar-refractivity contribution in [3.63, 3.8) is 0 Å². The molecule has 0 spiro atoms. The van der Waals surface area contributed by atoms with Gasteiger partial charge in [-0.2, -0.15) is 4.52 Å². The number of likely N-dealkylation sites (N-methyl/N-ethyl adjacent to an activating group) is 1. The Morgan fingerprint density at radius 2 is 2.12 bits per heavy atom. The average molecular weight is 342 g/mol. The van der Waals surface area contributed by atoms with Crippen molar-refractivity contribution in [2.45, 2.75) is 6.10 Å². The third-order valence-corrected chi connectivity index (χ3v) is 4.23. The Morgan fingerprint density at radius 1 is 1.24 bits per heavy atom. The summed E-state index contributed by atoms with van der Waals surface area (Å²) in [5, 5.41) is 15.9. The number of aromatic nitrogens is 4. The van der Waals surface area contributed by atoms with E-state index in [-0.39, 0.29) is 11.9 Å². The summed E-state index contributed by atoms with van der Waals surface area (Å²) in [5.41, 5.74) is 0.939. The Labute approximate surface area is 144 Å². The maximum absolute atomic E-state index is 14.1. The first-order valence-electron chi connectivity index (χ1n) is 8.22. The predicted molar refractivity (Wildman–Crippen MR) is 91.9 cm³/mol. The number of nitrogens with one attached hydrogen (secondary N) is 1. The van der Waals surface area contributed by atoms with Crippen LogP contribution < -0.4 is 5.32 Å². The highest BCUT2D eigenvalue weighted by Gasteiger charge is 2.18. The molecule has 3 heterocycles. The first kappa shape index (κ1) is 15.9. The molecule has 0 radical (unpaired) electrons. The molecule has 0 saturated carbocycles. The van der Waals surface area contributed by atoms with Crippen LogP contribution in [0.1, 0.15) is 0 Å². The number of nitrogens with zero attached hydrogens (tertiary/aromatic N) is 5. The Bertz CT molecular complexity index is 882. The Balaban J connectivity index is 1.57. The number of fused-ring (bicyclic) bond motifs is 1. The number of rotatable bonds is 4. The summed E-state index contributed by atoms with van der Waals surface area (Å²) >= 11 is 0. The molecule has 1 aromatic carbocycles. The van der Waals surface area contributed by atoms with Crippen LogP contribution in [0.2, 0.25) is 0 Å². The van der Waals surface area contributed by atoms with Crippen molar-refractivity contribution in [3.05, 3.63) is 42.2 Å². The van der Waals surface area contributed by atoms with Gasteiger partial charge in [0.05, 0.1) is 18.3 Å². The van der Waals surface area contributed by atoms with Crippen LogP contribution in [0, 0.1) is 5.82 Å². The van der Waals surface area contributed by atoms with Gasteiger partial charge < -0.3 is 15.0 Å². The molecular formula is C17H19FN6O. The summed E-state index contributed by atoms with van der Waals surface area (Å²) in [7, 11) is 2.08. The van der Waals surface area contributed by atoms with Crippen LogP contribution in [0.25, 0.3) is 17.0 Å². The van der Waals surface area contributed by atoms with Gasteiger partial charge in [-0.25, -0.2) is 4.39 Å². The molecule has 1 N–H and O–H groups in total. The van der Waals surface area contributed by atoms with Gasteiger partial charge in [-0.3, -0.25) is 0 Å². The van der Waals surface area contributed by atoms with E-state index in [0.29, 0.717) is 29.4 Å². The van der Waals surface area contributed by atoms with Gasteiger partial charge in [-0.15, -0.1) is 15.3 Å². The molecule has 4 rings (SSSR count). The molecule has 1 unspecified atom stereocenters. The largest absolute Gasteiger partial charge is 0.374 e. The zero-order valence-electron chi connectivity index (χ0n) is 13.9. The summed E-state index contributed by atoms with van der Waals surface area (Å²) < 4.78 is 21.4. The minimum Gasteiger partial charge on any atom is -0.374 e. The second kappa shape index (κ2) is 6.73. The number of morpholine rings is 1. The van der Waals surface area contributed by atoms with Gasteiger partial charge in [0.2, 0.25) is 0 Å². The quantitative estimate of drug-likeness (QED) is 0.778. The first-order chi connectivity index (χ1) is 12.2. The molecule has 3 aromatic rings. The van der Waals surface area contributed by atoms with Crippen molar-refractivity contribution in [2.75, 3.05) is 38.6 Å². The third kappa shape index (κ3) is 3.31. The van der Waals surface area contributed by atoms with Crippen molar-refractivity contribution in [1.29, 1.82) is 0 Å². The molecule has 1 saturated heterocycles. The van der Waals surface area contributed by atoms with Crippen LogP contribution in [0.15, 0.2) is 36.4 Å². The normalized spacial score (nSPS) is 18.6. The van der Waals surface area contributed by atoms with E-state index in [4.69, 9.17) is 4.74 Å². The monoisotopic (exact) mass is 342 g/mol. The summed E-state index contributed by atoms with van der Waals surface area (Å²) in [4.78, 5) is 2.24. The summed E-state index contributed by atoms with van der Waals surface area (Å²) in [5.74, 6) is 0.697. The number of anilines is 1. The van der Waals surface area contributed by atoms with Gasteiger partial charge in [0.15, 0.2) is 11.5 Å². The van der Waals surface area contributed by atoms with E-state index in [1.807, 2.05) is 6.07 Å². The lowest BCUT2D eigenvalue weighted by molar-refractivity contribution is -0.0117. The highest BCUT2D eigenvalue weighted by Crippen LogP contribution is 2.21. The van der Waals surface area contributed by atoms with Crippen molar-refractivity contribution in [1.82, 2.24) is 24.7 Å². The van der Waals surface area contributed by atoms with Crippen molar-refractivity contribution >= 4 is 11.5 Å². The maximum atomic E-state index is 14.1. The van der Waals surface area contributed by atoms with Crippen LogP contribution in [0.4, 0.5) is 10.2 Å². The molecule has 2 aromatic heterocycles. The Hall–Kier alpha value is -2.58. The predicted octanol–water partition coefficient (Wildman–Crippen LogP) is 1.67. The van der Waals surface area contributed by atoms with Crippen LogP contribution in [-0.2, 0) is 4.74 Å². The number of ether oxygens (including phenoxy) is 1. The van der Waals surface area contributed by atoms with Gasteiger partial charge in [-0.05, 0) is 31.3 Å². The molecule has 1 aliphatic heterocycles. The minimum atomic E-state index is -0.351. The zero-order valence-corrected chi connectivity index (χ0v) is 13.9. The van der Waals surface area contributed by atoms with Crippen LogP contribution in [0.3, 0.4) is 0 Å². The van der Waals surface area contributed by atoms with Crippen LogP contribution in [0.5, 0.6) is 0 Å². The number of benzene rings is 1. The van der Waals surface area contributed by atoms with E-state index in [9.17, 15) is 4.39 Å². The second-order valence-electron chi connectivity index (χ2n) is 6.13. The van der Waals surface area contributed by atoms with E-state index < -0.39 is 0 Å². The third-order valence-electron chi connectivity index (χ3n) is 4.23. The fraction of sp³-hybridized carbons (Fsp3) is 0.353. The van der Waals surface area contributed by atoms with Crippen LogP contribution >= 0.6 is 0 Å². The molecule has 0 bridgehead atoms. The van der Waals surface area contributed by atoms with E-state index >= 15 is 0 Å². The molecule has 0 aliphatic carbocycles. The number of hydrogen-bond donors (Lipinski definition) is 1. The Morgan fingerprint density at radius 3 is 2.96 bits per heavy atom. The van der Waals surface area contributed by atoms with Gasteiger partial charge in [0.25, 0.3) is 0 Å². The molecular weight excluding hydrogens is 323 g/mol. The minimum absolute atomic E-state index is 0.114. The van der Waals surface area contributed by atoms with Gasteiger partial charge in [0.1, 0.15) is 11.6 Å². The van der Waals surface area contributed by atoms with E-state index in [1.165, 1.54) is 6.07 Å². The van der Waals surface area contributed by atoms with Crippen molar-refractivity contribution in [3.8, 4) is 11.4 Å². The lowest BCUT2D eigenvalue weighted by atomic mass is 10.2. The van der Waals surface area contributed by atoms with E-state index in [2.05, 4.69) is 32.6 Å². The highest BCUT2D eigenvalue weighted by molar-refractivity contribution is 5.60. The Kier molecular flexibility index (Phi) is 4.29. The molecule has 1 aliphatic rings. The van der Waals surface area contributed by atoms with Gasteiger partial charge in [0, 0.05) is 19.6 Å². The number of halogens is 1. The summed E-state index contributed by atoms with van der Waals surface area (Å²) in [6.45, 7) is 3.22. The van der Waals surface area contributed by atoms with E-state index in [0.717, 1.165) is 19.7 Å². The lowest BCUT2D eigenvalue weighted by Gasteiger charge is -2.30. The highest BCUT2D eigenvalue weighted by atomic mass is 19.1. The SMILES string of the molecule is CN1CCOC(CNc2ccc3nnc(-c4ccccc4F)n3n2)C1. The second-order valence-corrected chi connectivity index (χ2v) is 6.13. The van der Waals surface area contributed by atoms with Gasteiger partial charge in [-0.1, -0.05) is 12.1 Å². The smallest absolute Gasteiger partial charge is 0.188 e. The molecule has 0 amide bonds. The fourth-order valence-corrected chi connectivity index (χ4v) is 2.90. The van der Waals surface area contributed by atoms with Crippen LogP contribution in [-0.4, -0.2) is 64.1 Å².